The molecular formula is C14H15BrN2O2S. The molecule has 106 valence electrons. The zero-order valence-electron chi connectivity index (χ0n) is 10.9. The maximum Gasteiger partial charge on any atom is 0.232 e. The topological polar surface area (TPSA) is 58.2 Å². The van der Waals surface area contributed by atoms with Gasteiger partial charge in [0, 0.05) is 15.8 Å². The van der Waals surface area contributed by atoms with E-state index in [1.165, 1.54) is 0 Å². The molecule has 2 rings (SSSR count). The molecule has 2 aromatic carbocycles. The molecule has 0 heterocycles. The van der Waals surface area contributed by atoms with Crippen molar-refractivity contribution in [3.05, 3.63) is 53.0 Å². The number of nitrogens with one attached hydrogen (secondary N) is 2. The molecule has 2 aromatic rings. The second-order valence-corrected chi connectivity index (χ2v) is 7.05. The van der Waals surface area contributed by atoms with Gasteiger partial charge in [-0.25, -0.2) is 8.42 Å². The Morgan fingerprint density at radius 3 is 2.20 bits per heavy atom. The van der Waals surface area contributed by atoms with Crippen LogP contribution in [0.5, 0.6) is 0 Å². The minimum atomic E-state index is -3.23. The van der Waals surface area contributed by atoms with Gasteiger partial charge in [-0.1, -0.05) is 12.1 Å². The van der Waals surface area contributed by atoms with Gasteiger partial charge in [0.2, 0.25) is 10.0 Å². The van der Waals surface area contributed by atoms with Crippen LogP contribution in [0.1, 0.15) is 6.92 Å². The first-order valence-electron chi connectivity index (χ1n) is 6.12. The first-order valence-corrected chi connectivity index (χ1v) is 8.57. The number of rotatable bonds is 5. The van der Waals surface area contributed by atoms with Crippen molar-refractivity contribution < 1.29 is 8.42 Å². The summed E-state index contributed by atoms with van der Waals surface area (Å²) in [7, 11) is -3.23. The molecule has 0 aliphatic carbocycles. The second kappa shape index (κ2) is 6.28. The van der Waals surface area contributed by atoms with E-state index in [0.29, 0.717) is 5.69 Å². The van der Waals surface area contributed by atoms with Crippen LogP contribution in [0.3, 0.4) is 0 Å². The number of anilines is 3. The van der Waals surface area contributed by atoms with Gasteiger partial charge < -0.3 is 5.32 Å². The summed E-state index contributed by atoms with van der Waals surface area (Å²) in [6.45, 7) is 1.60. The highest BCUT2D eigenvalue weighted by molar-refractivity contribution is 9.10. The van der Waals surface area contributed by atoms with E-state index in [-0.39, 0.29) is 5.75 Å². The van der Waals surface area contributed by atoms with Gasteiger partial charge in [-0.2, -0.15) is 0 Å². The quantitative estimate of drug-likeness (QED) is 0.854. The van der Waals surface area contributed by atoms with Crippen molar-refractivity contribution in [1.82, 2.24) is 0 Å². The average Bonchev–Trinajstić information content (AvgIpc) is 2.43. The van der Waals surface area contributed by atoms with E-state index in [4.69, 9.17) is 0 Å². The van der Waals surface area contributed by atoms with Crippen LogP contribution in [-0.4, -0.2) is 14.2 Å². The molecular weight excluding hydrogens is 340 g/mol. The summed E-state index contributed by atoms with van der Waals surface area (Å²) in [5, 5.41) is 3.25. The van der Waals surface area contributed by atoms with Crippen LogP contribution in [0.4, 0.5) is 17.1 Å². The van der Waals surface area contributed by atoms with E-state index < -0.39 is 10.0 Å². The Balaban J connectivity index is 2.11. The van der Waals surface area contributed by atoms with Crippen molar-refractivity contribution in [3.63, 3.8) is 0 Å². The molecule has 0 saturated carbocycles. The van der Waals surface area contributed by atoms with Crippen molar-refractivity contribution in [2.24, 2.45) is 0 Å². The molecule has 0 bridgehead atoms. The lowest BCUT2D eigenvalue weighted by Crippen LogP contribution is -2.14. The predicted octanol–water partition coefficient (Wildman–Crippen LogP) is 3.95. The van der Waals surface area contributed by atoms with Crippen LogP contribution in [0.25, 0.3) is 0 Å². The Morgan fingerprint density at radius 1 is 1.00 bits per heavy atom. The van der Waals surface area contributed by atoms with E-state index in [1.807, 2.05) is 36.4 Å². The summed E-state index contributed by atoms with van der Waals surface area (Å²) in [6.07, 6.45) is 0. The van der Waals surface area contributed by atoms with Crippen LogP contribution in [0.2, 0.25) is 0 Å². The van der Waals surface area contributed by atoms with Crippen molar-refractivity contribution >= 4 is 43.0 Å². The molecule has 0 amide bonds. The molecule has 4 nitrogen and oxygen atoms in total. The standard InChI is InChI=1S/C14H15BrN2O2S/c1-2-20(18,19)17-12-9-7-11(8-10-12)16-14-6-4-3-5-13(14)15/h3-10,16-17H,2H2,1H3. The number of para-hydroxylation sites is 1. The van der Waals surface area contributed by atoms with Crippen molar-refractivity contribution in [2.75, 3.05) is 15.8 Å². The molecule has 0 spiro atoms. The van der Waals surface area contributed by atoms with Crippen LogP contribution in [-0.2, 0) is 10.0 Å². The van der Waals surface area contributed by atoms with Gasteiger partial charge in [0.25, 0.3) is 0 Å². The molecule has 2 N–H and O–H groups in total. The van der Waals surface area contributed by atoms with Crippen molar-refractivity contribution in [1.29, 1.82) is 0 Å². The number of hydrogen-bond donors (Lipinski definition) is 2. The SMILES string of the molecule is CCS(=O)(=O)Nc1ccc(Nc2ccccc2Br)cc1. The lowest BCUT2D eigenvalue weighted by atomic mass is 10.2. The van der Waals surface area contributed by atoms with E-state index in [1.54, 1.807) is 19.1 Å². The minimum Gasteiger partial charge on any atom is -0.355 e. The number of sulfonamides is 1. The summed E-state index contributed by atoms with van der Waals surface area (Å²) in [4.78, 5) is 0. The fraction of sp³-hybridized carbons (Fsp3) is 0.143. The zero-order chi connectivity index (χ0) is 14.6. The molecule has 6 heteroatoms. The summed E-state index contributed by atoms with van der Waals surface area (Å²) in [6, 6.07) is 14.9. The number of halogens is 1. The Hall–Kier alpha value is -1.53. The first kappa shape index (κ1) is 14.9. The normalized spacial score (nSPS) is 11.1. The van der Waals surface area contributed by atoms with Gasteiger partial charge in [0.15, 0.2) is 0 Å². The van der Waals surface area contributed by atoms with Crippen LogP contribution < -0.4 is 10.0 Å². The summed E-state index contributed by atoms with van der Waals surface area (Å²) in [5.41, 5.74) is 2.40. The predicted molar refractivity (Wildman–Crippen MR) is 87.0 cm³/mol. The lowest BCUT2D eigenvalue weighted by molar-refractivity contribution is 0.602. The van der Waals surface area contributed by atoms with Crippen LogP contribution in [0, 0.1) is 0 Å². The Labute approximate surface area is 127 Å². The van der Waals surface area contributed by atoms with Gasteiger partial charge in [-0.3, -0.25) is 4.72 Å². The molecule has 0 aliphatic heterocycles. The van der Waals surface area contributed by atoms with E-state index in [2.05, 4.69) is 26.0 Å². The Kier molecular flexibility index (Phi) is 4.67. The van der Waals surface area contributed by atoms with Gasteiger partial charge in [0.05, 0.1) is 11.4 Å². The summed E-state index contributed by atoms with van der Waals surface area (Å²) in [5.74, 6) is 0.0595. The Bertz CT molecular complexity index is 685. The maximum atomic E-state index is 11.5. The smallest absolute Gasteiger partial charge is 0.232 e. The van der Waals surface area contributed by atoms with Gasteiger partial charge in [-0.05, 0) is 59.3 Å². The molecule has 0 saturated heterocycles. The highest BCUT2D eigenvalue weighted by Crippen LogP contribution is 2.26. The summed E-state index contributed by atoms with van der Waals surface area (Å²) >= 11 is 3.46. The monoisotopic (exact) mass is 354 g/mol. The third kappa shape index (κ3) is 3.98. The zero-order valence-corrected chi connectivity index (χ0v) is 13.3. The van der Waals surface area contributed by atoms with Gasteiger partial charge in [0.1, 0.15) is 0 Å². The number of benzene rings is 2. The van der Waals surface area contributed by atoms with Crippen molar-refractivity contribution in [3.8, 4) is 0 Å². The second-order valence-electron chi connectivity index (χ2n) is 4.19. The molecule has 20 heavy (non-hydrogen) atoms. The van der Waals surface area contributed by atoms with Crippen LogP contribution in [0.15, 0.2) is 53.0 Å². The van der Waals surface area contributed by atoms with Crippen LogP contribution >= 0.6 is 15.9 Å². The average molecular weight is 355 g/mol. The molecule has 0 fully saturated rings. The van der Waals surface area contributed by atoms with Gasteiger partial charge in [-0.15, -0.1) is 0 Å². The molecule has 0 unspecified atom stereocenters. The van der Waals surface area contributed by atoms with Gasteiger partial charge >= 0.3 is 0 Å². The van der Waals surface area contributed by atoms with E-state index in [0.717, 1.165) is 15.8 Å². The van der Waals surface area contributed by atoms with Crippen molar-refractivity contribution in [2.45, 2.75) is 6.92 Å². The van der Waals surface area contributed by atoms with E-state index >= 15 is 0 Å². The Morgan fingerprint density at radius 2 is 1.60 bits per heavy atom. The minimum absolute atomic E-state index is 0.0595. The first-order chi connectivity index (χ1) is 9.50. The number of hydrogen-bond acceptors (Lipinski definition) is 3. The third-order valence-corrected chi connectivity index (χ3v) is 4.69. The molecule has 0 radical (unpaired) electrons. The maximum absolute atomic E-state index is 11.5. The fourth-order valence-corrected chi connectivity index (χ4v) is 2.61. The lowest BCUT2D eigenvalue weighted by Gasteiger charge is -2.10. The summed E-state index contributed by atoms with van der Waals surface area (Å²) < 4.78 is 26.4. The van der Waals surface area contributed by atoms with E-state index in [9.17, 15) is 8.42 Å². The highest BCUT2D eigenvalue weighted by Gasteiger charge is 2.06. The highest BCUT2D eigenvalue weighted by atomic mass is 79.9. The molecule has 0 aliphatic rings. The molecule has 0 atom stereocenters. The fourth-order valence-electron chi connectivity index (χ4n) is 1.59. The largest absolute Gasteiger partial charge is 0.355 e. The third-order valence-electron chi connectivity index (χ3n) is 2.69. The molecule has 0 aromatic heterocycles.